The topological polar surface area (TPSA) is 134 Å². The first kappa shape index (κ1) is 23.4. The number of benzene rings is 2. The largest absolute Gasteiger partial charge is 0.480 e. The maximum Gasteiger partial charge on any atom is 0.326 e. The van der Waals surface area contributed by atoms with Crippen LogP contribution in [0.15, 0.2) is 53.1 Å². The van der Waals surface area contributed by atoms with E-state index in [9.17, 15) is 28.3 Å². The molecule has 3 aromatic rings. The minimum absolute atomic E-state index is 0.0439. The maximum atomic E-state index is 13.2. The van der Waals surface area contributed by atoms with Crippen LogP contribution in [0, 0.1) is 17.6 Å². The second kappa shape index (κ2) is 9.90. The smallest absolute Gasteiger partial charge is 0.326 e. The number of carbonyl (C=O) groups is 3. The van der Waals surface area contributed by atoms with Gasteiger partial charge in [0.1, 0.15) is 23.4 Å². The summed E-state index contributed by atoms with van der Waals surface area (Å²) < 4.78 is 31.5. The second-order valence-electron chi connectivity index (χ2n) is 7.42. The number of aliphatic carboxylic acids is 1. The summed E-state index contributed by atoms with van der Waals surface area (Å²) in [7, 11) is 0. The average molecular weight is 458 g/mol. The quantitative estimate of drug-likeness (QED) is 0.421. The lowest BCUT2D eigenvalue weighted by molar-refractivity contribution is -0.140. The van der Waals surface area contributed by atoms with E-state index in [2.05, 4.69) is 21.1 Å². The van der Waals surface area contributed by atoms with E-state index in [4.69, 9.17) is 4.52 Å². The number of nitrogens with one attached hydrogen (secondary N) is 3. The van der Waals surface area contributed by atoms with E-state index in [1.54, 1.807) is 38.1 Å². The number of carboxylic acids is 1. The number of rotatable bonds is 7. The molecule has 0 spiro atoms. The van der Waals surface area contributed by atoms with Crippen molar-refractivity contribution in [2.45, 2.75) is 19.9 Å². The Hall–Kier alpha value is -4.28. The normalized spacial score (nSPS) is 11.7. The second-order valence-corrected chi connectivity index (χ2v) is 7.42. The molecule has 0 aliphatic carbocycles. The molecule has 0 radical (unpaired) electrons. The summed E-state index contributed by atoms with van der Waals surface area (Å²) in [6, 6.07) is 8.53. The van der Waals surface area contributed by atoms with Crippen LogP contribution >= 0.6 is 0 Å². The van der Waals surface area contributed by atoms with Crippen molar-refractivity contribution >= 4 is 29.3 Å². The first-order chi connectivity index (χ1) is 15.6. The first-order valence-electron chi connectivity index (χ1n) is 9.77. The van der Waals surface area contributed by atoms with Crippen molar-refractivity contribution < 1.29 is 32.8 Å². The van der Waals surface area contributed by atoms with Gasteiger partial charge in [-0.3, -0.25) is 4.79 Å². The van der Waals surface area contributed by atoms with Crippen LogP contribution in [0.1, 0.15) is 24.4 Å². The molecule has 0 bridgehead atoms. The van der Waals surface area contributed by atoms with Crippen LogP contribution < -0.4 is 16.0 Å². The van der Waals surface area contributed by atoms with Crippen molar-refractivity contribution in [3.8, 4) is 11.3 Å². The molecule has 0 saturated carbocycles. The summed E-state index contributed by atoms with van der Waals surface area (Å²) in [6.45, 7) is 3.33. The van der Waals surface area contributed by atoms with Gasteiger partial charge in [-0.25, -0.2) is 18.4 Å². The molecular weight excluding hydrogens is 438 g/mol. The van der Waals surface area contributed by atoms with Crippen LogP contribution in [0.25, 0.3) is 11.3 Å². The maximum absolute atomic E-state index is 13.2. The van der Waals surface area contributed by atoms with Gasteiger partial charge < -0.3 is 25.6 Å². The molecule has 3 rings (SSSR count). The molecular formula is C22H20F2N4O5. The van der Waals surface area contributed by atoms with Crippen molar-refractivity contribution in [1.82, 2.24) is 10.5 Å². The van der Waals surface area contributed by atoms with Crippen LogP contribution in [0.3, 0.4) is 0 Å². The zero-order valence-electron chi connectivity index (χ0n) is 17.6. The lowest BCUT2D eigenvalue weighted by Crippen LogP contribution is -2.44. The molecule has 2 aromatic carbocycles. The molecule has 9 nitrogen and oxygen atoms in total. The van der Waals surface area contributed by atoms with Gasteiger partial charge in [-0.05, 0) is 30.2 Å². The number of nitrogens with zero attached hydrogens (tertiary/aromatic N) is 1. The van der Waals surface area contributed by atoms with Crippen LogP contribution in [0.5, 0.6) is 0 Å². The molecule has 172 valence electrons. The number of anilines is 2. The molecule has 1 unspecified atom stereocenters. The number of halogens is 2. The van der Waals surface area contributed by atoms with Gasteiger partial charge in [0.15, 0.2) is 0 Å². The molecule has 33 heavy (non-hydrogen) atoms. The molecule has 0 saturated heterocycles. The fraction of sp³-hybridized carbons (Fsp3) is 0.182. The van der Waals surface area contributed by atoms with Gasteiger partial charge in [-0.2, -0.15) is 0 Å². The Labute approximate surface area is 186 Å². The van der Waals surface area contributed by atoms with Gasteiger partial charge in [-0.15, -0.1) is 0 Å². The predicted octanol–water partition coefficient (Wildman–Crippen LogP) is 4.10. The number of amides is 3. The summed E-state index contributed by atoms with van der Waals surface area (Å²) in [5, 5.41) is 20.2. The van der Waals surface area contributed by atoms with Crippen molar-refractivity contribution in [3.05, 3.63) is 65.9 Å². The highest BCUT2D eigenvalue weighted by Gasteiger charge is 2.25. The molecule has 1 heterocycles. The zero-order chi connectivity index (χ0) is 24.1. The van der Waals surface area contributed by atoms with E-state index >= 15 is 0 Å². The summed E-state index contributed by atoms with van der Waals surface area (Å²) in [6.07, 6.45) is 0. The third kappa shape index (κ3) is 6.12. The highest BCUT2D eigenvalue weighted by molar-refractivity contribution is 6.00. The highest BCUT2D eigenvalue weighted by atomic mass is 19.1. The Balaban J connectivity index is 1.63. The van der Waals surface area contributed by atoms with E-state index in [1.807, 2.05) is 0 Å². The van der Waals surface area contributed by atoms with E-state index in [1.165, 1.54) is 6.07 Å². The highest BCUT2D eigenvalue weighted by Crippen LogP contribution is 2.22. The Morgan fingerprint density at radius 2 is 1.55 bits per heavy atom. The fourth-order valence-electron chi connectivity index (χ4n) is 2.89. The molecule has 0 aliphatic rings. The Bertz CT molecular complexity index is 1160. The standard InChI is InChI=1S/C22H20F2N4O5/c1-11(2)19(21(30)31)27-20(29)18-10-17(28-33-18)12-3-5-15(6-4-12)25-22(32)26-16-8-13(23)7-14(24)9-16/h3-11,19H,1-2H3,(H,27,29)(H,30,31)(H2,25,26,32). The van der Waals surface area contributed by atoms with Gasteiger partial charge in [0, 0.05) is 29.1 Å². The zero-order valence-corrected chi connectivity index (χ0v) is 17.6. The van der Waals surface area contributed by atoms with Crippen LogP contribution in [-0.4, -0.2) is 34.2 Å². The summed E-state index contributed by atoms with van der Waals surface area (Å²) >= 11 is 0. The van der Waals surface area contributed by atoms with E-state index in [0.29, 0.717) is 23.0 Å². The van der Waals surface area contributed by atoms with Crippen molar-refractivity contribution in [2.24, 2.45) is 5.92 Å². The lowest BCUT2D eigenvalue weighted by atomic mass is 10.0. The van der Waals surface area contributed by atoms with Crippen LogP contribution in [0.2, 0.25) is 0 Å². The SMILES string of the molecule is CC(C)C(NC(=O)c1cc(-c2ccc(NC(=O)Nc3cc(F)cc(F)c3)cc2)no1)C(=O)O. The Kier molecular flexibility index (Phi) is 7.01. The number of urea groups is 1. The number of carbonyl (C=O) groups excluding carboxylic acids is 2. The summed E-state index contributed by atoms with van der Waals surface area (Å²) in [5.74, 6) is -3.99. The van der Waals surface area contributed by atoms with Gasteiger partial charge in [0.05, 0.1) is 0 Å². The number of carboxylic acid groups (broad SMARTS) is 1. The summed E-state index contributed by atoms with van der Waals surface area (Å²) in [4.78, 5) is 35.6. The third-order valence-corrected chi connectivity index (χ3v) is 4.51. The minimum Gasteiger partial charge on any atom is -0.480 e. The molecule has 3 amide bonds. The molecule has 1 atom stereocenters. The predicted molar refractivity (Wildman–Crippen MR) is 115 cm³/mol. The van der Waals surface area contributed by atoms with Crippen molar-refractivity contribution in [2.75, 3.05) is 10.6 Å². The number of hydrogen-bond donors (Lipinski definition) is 4. The molecule has 4 N–H and O–H groups in total. The molecule has 11 heteroatoms. The Morgan fingerprint density at radius 3 is 2.12 bits per heavy atom. The minimum atomic E-state index is -1.16. The van der Waals surface area contributed by atoms with Gasteiger partial charge in [0.2, 0.25) is 5.76 Å². The molecule has 1 aromatic heterocycles. The van der Waals surface area contributed by atoms with Crippen LogP contribution in [0.4, 0.5) is 25.0 Å². The summed E-state index contributed by atoms with van der Waals surface area (Å²) in [5.41, 5.74) is 1.23. The number of hydrogen-bond acceptors (Lipinski definition) is 5. The lowest BCUT2D eigenvalue weighted by Gasteiger charge is -2.16. The average Bonchev–Trinajstić information content (AvgIpc) is 3.21. The Morgan fingerprint density at radius 1 is 0.939 bits per heavy atom. The van der Waals surface area contributed by atoms with E-state index in [0.717, 1.165) is 12.1 Å². The first-order valence-corrected chi connectivity index (χ1v) is 9.77. The fourth-order valence-corrected chi connectivity index (χ4v) is 2.89. The van der Waals surface area contributed by atoms with Gasteiger partial charge in [0.25, 0.3) is 5.91 Å². The monoisotopic (exact) mass is 458 g/mol. The number of aromatic nitrogens is 1. The van der Waals surface area contributed by atoms with E-state index < -0.39 is 35.6 Å². The van der Waals surface area contributed by atoms with E-state index in [-0.39, 0.29) is 17.4 Å². The van der Waals surface area contributed by atoms with Crippen molar-refractivity contribution in [3.63, 3.8) is 0 Å². The van der Waals surface area contributed by atoms with Gasteiger partial charge >= 0.3 is 12.0 Å². The molecule has 0 fully saturated rings. The third-order valence-electron chi connectivity index (χ3n) is 4.51. The van der Waals surface area contributed by atoms with Crippen molar-refractivity contribution in [1.29, 1.82) is 0 Å². The van der Waals surface area contributed by atoms with Gasteiger partial charge in [-0.1, -0.05) is 31.1 Å². The molecule has 0 aliphatic heterocycles. The van der Waals surface area contributed by atoms with Crippen LogP contribution in [-0.2, 0) is 4.79 Å².